The predicted molar refractivity (Wildman–Crippen MR) is 197 cm³/mol. The van der Waals surface area contributed by atoms with E-state index in [0.29, 0.717) is 24.0 Å². The fourth-order valence-corrected chi connectivity index (χ4v) is 8.75. The average Bonchev–Trinajstić information content (AvgIpc) is 3.42. The first-order chi connectivity index (χ1) is 25.1. The van der Waals surface area contributed by atoms with Crippen molar-refractivity contribution in [2.75, 3.05) is 6.61 Å². The van der Waals surface area contributed by atoms with Gasteiger partial charge in [0.05, 0.1) is 30.5 Å². The number of esters is 2. The van der Waals surface area contributed by atoms with Gasteiger partial charge in [0.25, 0.3) is 0 Å². The zero-order valence-corrected chi connectivity index (χ0v) is 31.9. The summed E-state index contributed by atoms with van der Waals surface area (Å²) in [6.45, 7) is 14.1. The second-order valence-corrected chi connectivity index (χ2v) is 16.3. The van der Waals surface area contributed by atoms with Crippen LogP contribution in [0.1, 0.15) is 90.9 Å². The quantitative estimate of drug-likeness (QED) is 0.247. The van der Waals surface area contributed by atoms with Crippen LogP contribution >= 0.6 is 0 Å². The lowest BCUT2D eigenvalue weighted by Gasteiger charge is -2.51. The van der Waals surface area contributed by atoms with Gasteiger partial charge in [0.1, 0.15) is 29.5 Å². The van der Waals surface area contributed by atoms with Gasteiger partial charge in [-0.2, -0.15) is 0 Å². The minimum Gasteiger partial charge on any atom is -0.462 e. The first kappa shape index (κ1) is 39.3. The molecule has 1 aromatic carbocycles. The molecule has 0 amide bonds. The molecular weight excluding hydrogens is 679 g/mol. The Kier molecular flexibility index (Phi) is 11.7. The third kappa shape index (κ3) is 8.32. The topological polar surface area (TPSA) is 121 Å². The van der Waals surface area contributed by atoms with Crippen molar-refractivity contribution in [1.29, 1.82) is 0 Å². The summed E-state index contributed by atoms with van der Waals surface area (Å²) < 4.78 is 45.6. The van der Waals surface area contributed by atoms with Crippen molar-refractivity contribution in [3.05, 3.63) is 94.4 Å². The van der Waals surface area contributed by atoms with Crippen molar-refractivity contribution in [3.8, 4) is 0 Å². The maximum absolute atomic E-state index is 14.5. The van der Waals surface area contributed by atoms with Crippen molar-refractivity contribution >= 4 is 11.9 Å². The van der Waals surface area contributed by atoms with Crippen LogP contribution in [0.5, 0.6) is 0 Å². The lowest BCUT2D eigenvalue weighted by Crippen LogP contribution is -2.60. The Morgan fingerprint density at radius 1 is 1.09 bits per heavy atom. The lowest BCUT2D eigenvalue weighted by molar-refractivity contribution is -0.342. The van der Waals surface area contributed by atoms with E-state index in [4.69, 9.17) is 23.7 Å². The van der Waals surface area contributed by atoms with Gasteiger partial charge >= 0.3 is 11.9 Å². The molecule has 2 N–H and O–H groups in total. The predicted octanol–water partition coefficient (Wildman–Crippen LogP) is 7.09. The fourth-order valence-electron chi connectivity index (χ4n) is 8.75. The van der Waals surface area contributed by atoms with Crippen LogP contribution in [0, 0.1) is 29.5 Å². The number of allylic oxidation sites excluding steroid dienone is 5. The number of benzene rings is 1. The van der Waals surface area contributed by atoms with Crippen LogP contribution in [-0.2, 0) is 28.5 Å². The van der Waals surface area contributed by atoms with Gasteiger partial charge in [0.15, 0.2) is 11.9 Å². The Morgan fingerprint density at radius 3 is 2.55 bits per heavy atom. The van der Waals surface area contributed by atoms with Gasteiger partial charge in [-0.25, -0.2) is 9.18 Å². The summed E-state index contributed by atoms with van der Waals surface area (Å²) >= 11 is 0. The van der Waals surface area contributed by atoms with Crippen LogP contribution in [0.2, 0.25) is 0 Å². The fraction of sp³-hybridized carbons (Fsp3) is 0.581. The summed E-state index contributed by atoms with van der Waals surface area (Å²) in [4.78, 5) is 27.7. The monoisotopic (exact) mass is 734 g/mol. The van der Waals surface area contributed by atoms with E-state index >= 15 is 0 Å². The number of hydrogen-bond acceptors (Lipinski definition) is 9. The van der Waals surface area contributed by atoms with Crippen LogP contribution in [0.25, 0.3) is 0 Å². The van der Waals surface area contributed by atoms with E-state index in [2.05, 4.69) is 39.8 Å². The molecule has 3 saturated heterocycles. The zero-order valence-electron chi connectivity index (χ0n) is 31.9. The summed E-state index contributed by atoms with van der Waals surface area (Å²) in [5, 5.41) is 24.1. The van der Waals surface area contributed by atoms with Gasteiger partial charge in [-0.15, -0.1) is 0 Å². The highest BCUT2D eigenvalue weighted by Crippen LogP contribution is 2.48. The van der Waals surface area contributed by atoms with Crippen LogP contribution in [-0.4, -0.2) is 76.8 Å². The molecule has 1 aliphatic carbocycles. The molecule has 11 atom stereocenters. The van der Waals surface area contributed by atoms with Crippen LogP contribution in [0.15, 0.2) is 83.0 Å². The number of carbonyl (C=O) groups excluding carboxylic acids is 2. The minimum atomic E-state index is -1.90. The first-order valence-electron chi connectivity index (χ1n) is 19.0. The Balaban J connectivity index is 1.36. The number of hydrogen-bond donors (Lipinski definition) is 2. The molecule has 1 spiro atoms. The second kappa shape index (κ2) is 15.7. The summed E-state index contributed by atoms with van der Waals surface area (Å²) in [6.07, 6.45) is 9.62. The number of halogens is 1. The standard InChI is InChI=1S/C43H55FO9/c1-24(2)17-27(5)37-29(7)36(45)22-42(53-37)21-34-20-33(52-42)16-11-26(4)18-25(3)9-8-10-31-23-49-39-38(51-40(46)30-12-14-32(44)15-13-30)28(6)19-35(41(47)50-34)43(31,39)48/h8-15,17,19,24-25,29,33-39,45,48H,16,18,20-23H2,1-7H3/b9-8+,26-11+,27-17+,31-10+/t25-,29-,33+,34-,35-,36-,37+,38+,39+,42-,43+/m0/s1. The molecule has 9 nitrogen and oxygen atoms in total. The number of carbonyl (C=O) groups is 2. The molecule has 0 unspecified atom stereocenters. The van der Waals surface area contributed by atoms with E-state index in [0.717, 1.165) is 12.0 Å². The molecule has 5 aliphatic rings. The lowest BCUT2D eigenvalue weighted by atomic mass is 9.70. The molecule has 1 aromatic rings. The third-order valence-electron chi connectivity index (χ3n) is 11.4. The normalized spacial score (nSPS) is 40.7. The summed E-state index contributed by atoms with van der Waals surface area (Å²) in [5.41, 5.74) is 1.43. The molecule has 2 bridgehead atoms. The van der Waals surface area contributed by atoms with Crippen molar-refractivity contribution in [3.63, 3.8) is 0 Å². The molecule has 53 heavy (non-hydrogen) atoms. The number of fused-ring (bicyclic) bond motifs is 2. The molecule has 4 aliphatic heterocycles. The van der Waals surface area contributed by atoms with Gasteiger partial charge in [0.2, 0.25) is 0 Å². The van der Waals surface area contributed by atoms with E-state index in [-0.39, 0.29) is 55.0 Å². The molecule has 0 aromatic heterocycles. The van der Waals surface area contributed by atoms with Gasteiger partial charge in [-0.3, -0.25) is 4.79 Å². The molecule has 0 radical (unpaired) electrons. The highest BCUT2D eigenvalue weighted by atomic mass is 19.1. The van der Waals surface area contributed by atoms with E-state index in [1.54, 1.807) is 19.1 Å². The highest BCUT2D eigenvalue weighted by molar-refractivity contribution is 5.89. The maximum atomic E-state index is 14.5. The Labute approximate surface area is 312 Å². The molecule has 10 heteroatoms. The largest absolute Gasteiger partial charge is 0.462 e. The van der Waals surface area contributed by atoms with Gasteiger partial charge in [-0.1, -0.05) is 69.7 Å². The van der Waals surface area contributed by atoms with E-state index in [1.165, 1.54) is 29.8 Å². The number of aliphatic hydroxyl groups is 2. The Hall–Kier alpha value is -3.41. The minimum absolute atomic E-state index is 0.00528. The van der Waals surface area contributed by atoms with Crippen molar-refractivity contribution in [1.82, 2.24) is 0 Å². The number of ether oxygens (including phenoxy) is 5. The van der Waals surface area contributed by atoms with Gasteiger partial charge in [-0.05, 0) is 86.4 Å². The number of aliphatic hydroxyl groups excluding tert-OH is 1. The summed E-state index contributed by atoms with van der Waals surface area (Å²) in [7, 11) is 0. The second-order valence-electron chi connectivity index (χ2n) is 16.3. The molecule has 3 fully saturated rings. The third-order valence-corrected chi connectivity index (χ3v) is 11.4. The van der Waals surface area contributed by atoms with E-state index in [9.17, 15) is 24.2 Å². The van der Waals surface area contributed by atoms with Crippen LogP contribution < -0.4 is 0 Å². The smallest absolute Gasteiger partial charge is 0.338 e. The molecular formula is C43H55FO9. The van der Waals surface area contributed by atoms with Crippen molar-refractivity contribution in [2.24, 2.45) is 23.7 Å². The number of rotatable bonds is 4. The van der Waals surface area contributed by atoms with Crippen molar-refractivity contribution in [2.45, 2.75) is 129 Å². The Morgan fingerprint density at radius 2 is 1.83 bits per heavy atom. The van der Waals surface area contributed by atoms with Crippen LogP contribution in [0.4, 0.5) is 4.39 Å². The Bertz CT molecular complexity index is 1690. The molecule has 0 saturated carbocycles. The van der Waals surface area contributed by atoms with Gasteiger partial charge < -0.3 is 33.9 Å². The van der Waals surface area contributed by atoms with E-state index < -0.39 is 59.5 Å². The summed E-state index contributed by atoms with van der Waals surface area (Å²) in [5.74, 6) is -3.92. The van der Waals surface area contributed by atoms with Crippen molar-refractivity contribution < 1.29 is 47.9 Å². The van der Waals surface area contributed by atoms with E-state index in [1.807, 2.05) is 26.0 Å². The molecule has 288 valence electrons. The first-order valence-corrected chi connectivity index (χ1v) is 19.0. The molecule has 6 rings (SSSR count). The average molecular weight is 735 g/mol. The van der Waals surface area contributed by atoms with Crippen LogP contribution in [0.3, 0.4) is 0 Å². The summed E-state index contributed by atoms with van der Waals surface area (Å²) in [6, 6.07) is 5.01. The maximum Gasteiger partial charge on any atom is 0.338 e. The zero-order chi connectivity index (χ0) is 38.2. The SMILES string of the molecule is CC1=C[C@H]2C(=O)O[C@H]3C[C@@H](C/C=C(\C)C[C@@H](C)/C=C/C=C4\CO[C@H]([C@@H]1OC(=O)c1ccc(F)cc1)[C@@]42O)O[C@]1(C3)C[C@H](O)[C@H](C)[C@@H](/C(C)=C/C(C)C)O1. The van der Waals surface area contributed by atoms with Gasteiger partial charge in [0, 0.05) is 25.2 Å². The molecule has 4 heterocycles. The highest BCUT2D eigenvalue weighted by Gasteiger charge is 2.61.